The number of nitrogens with zero attached hydrogens (tertiary/aromatic N) is 2. The highest BCUT2D eigenvalue weighted by molar-refractivity contribution is 5.97. The molecule has 4 nitrogen and oxygen atoms in total. The summed E-state index contributed by atoms with van der Waals surface area (Å²) in [6, 6.07) is 18.5. The summed E-state index contributed by atoms with van der Waals surface area (Å²) in [7, 11) is 0. The molecule has 2 N–H and O–H groups in total. The Balaban J connectivity index is 0.00000132. The molecule has 0 bridgehead atoms. The van der Waals surface area contributed by atoms with Crippen molar-refractivity contribution in [1.29, 1.82) is 5.26 Å². The number of para-hydroxylation sites is 1. The zero-order valence-corrected chi connectivity index (χ0v) is 18.6. The minimum Gasteiger partial charge on any atom is -0.353 e. The van der Waals surface area contributed by atoms with Crippen LogP contribution in [0.3, 0.4) is 0 Å². The van der Waals surface area contributed by atoms with Crippen LogP contribution >= 0.6 is 0 Å². The van der Waals surface area contributed by atoms with Crippen molar-refractivity contribution < 1.29 is 0 Å². The summed E-state index contributed by atoms with van der Waals surface area (Å²) >= 11 is 0. The third-order valence-electron chi connectivity index (χ3n) is 5.87. The van der Waals surface area contributed by atoms with Gasteiger partial charge >= 0.3 is 0 Å². The number of benzene rings is 2. The number of fused-ring (bicyclic) bond motifs is 1. The van der Waals surface area contributed by atoms with Crippen molar-refractivity contribution in [3.63, 3.8) is 0 Å². The van der Waals surface area contributed by atoms with Gasteiger partial charge in [0, 0.05) is 23.9 Å². The molecule has 0 amide bonds. The Bertz CT molecular complexity index is 991. The molecule has 1 unspecified atom stereocenters. The van der Waals surface area contributed by atoms with Gasteiger partial charge in [0.25, 0.3) is 0 Å². The maximum atomic E-state index is 8.92. The lowest BCUT2D eigenvalue weighted by Gasteiger charge is -2.30. The molecular formula is C27H32N4. The van der Waals surface area contributed by atoms with Gasteiger partial charge in [-0.2, -0.15) is 5.26 Å². The Labute approximate surface area is 186 Å². The summed E-state index contributed by atoms with van der Waals surface area (Å²) < 4.78 is 0. The summed E-state index contributed by atoms with van der Waals surface area (Å²) in [4.78, 5) is 4.88. The zero-order valence-electron chi connectivity index (χ0n) is 18.6. The predicted octanol–water partition coefficient (Wildman–Crippen LogP) is 6.14. The van der Waals surface area contributed by atoms with E-state index in [1.54, 1.807) is 0 Å². The van der Waals surface area contributed by atoms with Crippen molar-refractivity contribution in [3.8, 4) is 6.07 Å². The van der Waals surface area contributed by atoms with Crippen LogP contribution in [0.4, 0.5) is 11.4 Å². The van der Waals surface area contributed by atoms with Crippen LogP contribution < -0.4 is 10.6 Å². The highest BCUT2D eigenvalue weighted by Gasteiger charge is 2.28. The first-order valence-corrected chi connectivity index (χ1v) is 11.3. The SMILES string of the molecule is C=C=C(CCC1CCN[C@@H](C2=Nc3ccccc3C2)C1)Nc1ccc(C#N)cc1.CC. The molecule has 2 aromatic rings. The second-order valence-electron chi connectivity index (χ2n) is 7.81. The average molecular weight is 413 g/mol. The van der Waals surface area contributed by atoms with E-state index < -0.39 is 0 Å². The van der Waals surface area contributed by atoms with Crippen LogP contribution in [0.5, 0.6) is 0 Å². The van der Waals surface area contributed by atoms with Crippen LogP contribution in [0.2, 0.25) is 0 Å². The summed E-state index contributed by atoms with van der Waals surface area (Å²) in [5.41, 5.74) is 9.45. The van der Waals surface area contributed by atoms with E-state index in [4.69, 9.17) is 10.3 Å². The first-order chi connectivity index (χ1) is 15.2. The van der Waals surface area contributed by atoms with Crippen molar-refractivity contribution in [1.82, 2.24) is 5.32 Å². The Kier molecular flexibility index (Phi) is 8.24. The normalized spacial score (nSPS) is 19.1. The topological polar surface area (TPSA) is 60.2 Å². The van der Waals surface area contributed by atoms with E-state index in [0.29, 0.717) is 17.5 Å². The van der Waals surface area contributed by atoms with E-state index in [9.17, 15) is 0 Å². The maximum Gasteiger partial charge on any atom is 0.0991 e. The molecule has 160 valence electrons. The van der Waals surface area contributed by atoms with E-state index in [1.165, 1.54) is 17.7 Å². The largest absolute Gasteiger partial charge is 0.353 e. The van der Waals surface area contributed by atoms with Gasteiger partial charge in [-0.3, -0.25) is 4.99 Å². The minimum atomic E-state index is 0.379. The molecule has 2 heterocycles. The molecule has 2 aliphatic rings. The van der Waals surface area contributed by atoms with Gasteiger partial charge in [0.1, 0.15) is 0 Å². The molecule has 2 aromatic carbocycles. The smallest absolute Gasteiger partial charge is 0.0991 e. The van der Waals surface area contributed by atoms with Crippen LogP contribution in [-0.4, -0.2) is 18.3 Å². The van der Waals surface area contributed by atoms with Crippen molar-refractivity contribution in [3.05, 3.63) is 77.7 Å². The Morgan fingerprint density at radius 1 is 1.19 bits per heavy atom. The van der Waals surface area contributed by atoms with E-state index in [0.717, 1.165) is 49.3 Å². The van der Waals surface area contributed by atoms with Crippen molar-refractivity contribution in [2.75, 3.05) is 11.9 Å². The van der Waals surface area contributed by atoms with Crippen molar-refractivity contribution in [2.45, 2.75) is 52.0 Å². The van der Waals surface area contributed by atoms with Gasteiger partial charge in [0.05, 0.1) is 23.0 Å². The average Bonchev–Trinajstić information content (AvgIpc) is 3.28. The van der Waals surface area contributed by atoms with E-state index in [-0.39, 0.29) is 0 Å². The lowest BCUT2D eigenvalue weighted by atomic mass is 9.85. The molecule has 4 heteroatoms. The fourth-order valence-electron chi connectivity index (χ4n) is 4.22. The van der Waals surface area contributed by atoms with Crippen LogP contribution in [-0.2, 0) is 6.42 Å². The zero-order chi connectivity index (χ0) is 22.1. The second kappa shape index (κ2) is 11.3. The predicted molar refractivity (Wildman–Crippen MR) is 130 cm³/mol. The summed E-state index contributed by atoms with van der Waals surface area (Å²) in [5, 5.41) is 16.0. The van der Waals surface area contributed by atoms with Crippen LogP contribution in [0, 0.1) is 17.2 Å². The van der Waals surface area contributed by atoms with Crippen molar-refractivity contribution in [2.24, 2.45) is 10.9 Å². The molecule has 0 aromatic heterocycles. The minimum absolute atomic E-state index is 0.379. The fraction of sp³-hybridized carbons (Fsp3) is 0.370. The first kappa shape index (κ1) is 22.6. The Hall–Kier alpha value is -3.12. The number of rotatable bonds is 6. The van der Waals surface area contributed by atoms with Gasteiger partial charge in [0.15, 0.2) is 0 Å². The van der Waals surface area contributed by atoms with Gasteiger partial charge in [0.2, 0.25) is 0 Å². The number of hydrogen-bond acceptors (Lipinski definition) is 4. The van der Waals surface area contributed by atoms with Gasteiger partial charge < -0.3 is 10.6 Å². The third kappa shape index (κ3) is 5.95. The molecule has 0 radical (unpaired) electrons. The van der Waals surface area contributed by atoms with Gasteiger partial charge in [-0.05, 0) is 74.0 Å². The summed E-state index contributed by atoms with van der Waals surface area (Å²) in [6.07, 6.45) is 5.33. The molecule has 1 saturated heterocycles. The molecule has 4 rings (SSSR count). The van der Waals surface area contributed by atoms with Crippen LogP contribution in [0.25, 0.3) is 0 Å². The number of aliphatic imine (C=N–C) groups is 1. The van der Waals surface area contributed by atoms with Crippen molar-refractivity contribution >= 4 is 17.1 Å². The monoisotopic (exact) mass is 412 g/mol. The molecular weight excluding hydrogens is 380 g/mol. The lowest BCUT2D eigenvalue weighted by Crippen LogP contribution is -2.43. The maximum absolute atomic E-state index is 8.92. The highest BCUT2D eigenvalue weighted by Crippen LogP contribution is 2.31. The van der Waals surface area contributed by atoms with E-state index in [2.05, 4.69) is 53.3 Å². The van der Waals surface area contributed by atoms with Gasteiger partial charge in [-0.1, -0.05) is 38.6 Å². The second-order valence-corrected chi connectivity index (χ2v) is 7.81. The Morgan fingerprint density at radius 3 is 2.68 bits per heavy atom. The number of nitriles is 1. The Morgan fingerprint density at radius 2 is 1.97 bits per heavy atom. The number of hydrogen-bond donors (Lipinski definition) is 2. The molecule has 2 atom stereocenters. The molecule has 2 aliphatic heterocycles. The number of anilines is 1. The van der Waals surface area contributed by atoms with Crippen LogP contribution in [0.15, 0.2) is 71.5 Å². The first-order valence-electron chi connectivity index (χ1n) is 11.3. The molecule has 1 fully saturated rings. The number of nitrogens with one attached hydrogen (secondary N) is 2. The van der Waals surface area contributed by atoms with E-state index >= 15 is 0 Å². The number of allylic oxidation sites excluding steroid dienone is 1. The third-order valence-corrected chi connectivity index (χ3v) is 5.87. The van der Waals surface area contributed by atoms with Gasteiger partial charge in [-0.25, -0.2) is 0 Å². The summed E-state index contributed by atoms with van der Waals surface area (Å²) in [6.45, 7) is 8.89. The summed E-state index contributed by atoms with van der Waals surface area (Å²) in [5.74, 6) is 0.666. The highest BCUT2D eigenvalue weighted by atomic mass is 15.0. The molecule has 0 aliphatic carbocycles. The van der Waals surface area contributed by atoms with Gasteiger partial charge in [-0.15, -0.1) is 5.73 Å². The fourth-order valence-corrected chi connectivity index (χ4v) is 4.22. The quantitative estimate of drug-likeness (QED) is 0.560. The number of piperidine rings is 1. The molecule has 0 spiro atoms. The standard InChI is InChI=1S/C25H26N4.C2H6/c1-2-21(28-22-11-8-19(17-26)9-12-22)10-7-18-13-14-27-24(15-18)25-16-20-5-3-4-6-23(20)29-25;1-2/h3-6,8-9,11-12,18,24,27-28H,1,7,10,13-16H2;1-2H3/t18?,24-;/m1./s1. The van der Waals surface area contributed by atoms with Crippen LogP contribution in [0.1, 0.15) is 50.7 Å². The molecule has 0 saturated carbocycles. The van der Waals surface area contributed by atoms with E-state index in [1.807, 2.05) is 38.1 Å². The molecule has 31 heavy (non-hydrogen) atoms. The lowest BCUT2D eigenvalue weighted by molar-refractivity contribution is 0.326.